The number of nitrogens with zero attached hydrogens (tertiary/aromatic N) is 2. The van der Waals surface area contributed by atoms with Crippen LogP contribution in [0.25, 0.3) is 0 Å². The summed E-state index contributed by atoms with van der Waals surface area (Å²) in [6.07, 6.45) is -4.67. The van der Waals surface area contributed by atoms with Crippen LogP contribution in [-0.2, 0) is 10.5 Å². The molecule has 0 aromatic heterocycles. The maximum Gasteiger partial charge on any atom is 0.442 e. The first-order valence-corrected chi connectivity index (χ1v) is 4.82. The minimum Gasteiger partial charge on any atom is -0.481 e. The molecule has 0 saturated heterocycles. The van der Waals surface area contributed by atoms with Crippen molar-refractivity contribution in [2.75, 3.05) is 6.61 Å². The molecule has 0 unspecified atom stereocenters. The first-order chi connectivity index (χ1) is 8.37. The molecule has 8 heteroatoms. The zero-order valence-corrected chi connectivity index (χ0v) is 8.81. The summed E-state index contributed by atoms with van der Waals surface area (Å²) >= 11 is 0. The number of carboxylic acid groups (broad SMARTS) is 1. The minimum atomic E-state index is -4.67. The van der Waals surface area contributed by atoms with E-state index in [2.05, 4.69) is 10.2 Å². The first-order valence-electron chi connectivity index (χ1n) is 4.82. The number of para-hydroxylation sites is 1. The standard InChI is InChI=1S/C10H7F3N2O3/c11-10(12,13)9(14-15-9)6-3-1-2-4-7(6)18-5-8(16)17/h1-4H,5H2,(H,16,17). The molecular formula is C10H7F3N2O3. The predicted octanol–water partition coefficient (Wildman–Crippen LogP) is 2.33. The lowest BCUT2D eigenvalue weighted by atomic mass is 10.0. The van der Waals surface area contributed by atoms with E-state index >= 15 is 0 Å². The van der Waals surface area contributed by atoms with Crippen LogP contribution in [0.1, 0.15) is 5.56 Å². The zero-order chi connectivity index (χ0) is 13.4. The zero-order valence-electron chi connectivity index (χ0n) is 8.81. The molecule has 1 heterocycles. The molecular weight excluding hydrogens is 253 g/mol. The van der Waals surface area contributed by atoms with Crippen molar-refractivity contribution in [3.05, 3.63) is 29.8 Å². The molecule has 1 aromatic rings. The summed E-state index contributed by atoms with van der Waals surface area (Å²) in [6.45, 7) is -0.731. The second kappa shape index (κ2) is 3.97. The van der Waals surface area contributed by atoms with Crippen LogP contribution >= 0.6 is 0 Å². The fourth-order valence-corrected chi connectivity index (χ4v) is 1.44. The summed E-state index contributed by atoms with van der Waals surface area (Å²) in [5, 5.41) is 14.5. The van der Waals surface area contributed by atoms with Crippen LogP contribution in [0.5, 0.6) is 5.75 Å². The van der Waals surface area contributed by atoms with Gasteiger partial charge in [0.25, 0.3) is 0 Å². The molecule has 0 radical (unpaired) electrons. The Hall–Kier alpha value is -2.12. The first kappa shape index (κ1) is 12.3. The van der Waals surface area contributed by atoms with E-state index in [4.69, 9.17) is 9.84 Å². The number of carbonyl (C=O) groups is 1. The minimum absolute atomic E-state index is 0.192. The van der Waals surface area contributed by atoms with E-state index in [0.717, 1.165) is 6.07 Å². The molecule has 96 valence electrons. The van der Waals surface area contributed by atoms with Crippen molar-refractivity contribution < 1.29 is 27.8 Å². The Labute approximate surface area is 98.9 Å². The van der Waals surface area contributed by atoms with Gasteiger partial charge in [-0.25, -0.2) is 4.79 Å². The second-order valence-corrected chi connectivity index (χ2v) is 3.55. The summed E-state index contributed by atoms with van der Waals surface area (Å²) in [7, 11) is 0. The highest BCUT2D eigenvalue weighted by atomic mass is 19.4. The fraction of sp³-hybridized carbons (Fsp3) is 0.300. The molecule has 0 bridgehead atoms. The van der Waals surface area contributed by atoms with Crippen LogP contribution in [0.4, 0.5) is 13.2 Å². The Kier molecular flexibility index (Phi) is 2.72. The third-order valence-corrected chi connectivity index (χ3v) is 2.31. The van der Waals surface area contributed by atoms with Gasteiger partial charge in [-0.15, -0.1) is 10.2 Å². The van der Waals surface area contributed by atoms with E-state index in [-0.39, 0.29) is 11.3 Å². The van der Waals surface area contributed by atoms with Crippen LogP contribution < -0.4 is 4.74 Å². The highest BCUT2D eigenvalue weighted by Crippen LogP contribution is 2.54. The van der Waals surface area contributed by atoms with Crippen LogP contribution in [0, 0.1) is 0 Å². The van der Waals surface area contributed by atoms with Gasteiger partial charge in [0.1, 0.15) is 5.75 Å². The van der Waals surface area contributed by atoms with Crippen LogP contribution in [0.3, 0.4) is 0 Å². The molecule has 1 N–H and O–H groups in total. The van der Waals surface area contributed by atoms with Crippen molar-refractivity contribution in [1.29, 1.82) is 0 Å². The van der Waals surface area contributed by atoms with Gasteiger partial charge in [0.2, 0.25) is 0 Å². The van der Waals surface area contributed by atoms with Crippen LogP contribution in [0.2, 0.25) is 0 Å². The maximum absolute atomic E-state index is 12.8. The number of carboxylic acids is 1. The molecule has 0 aliphatic carbocycles. The third-order valence-electron chi connectivity index (χ3n) is 2.31. The SMILES string of the molecule is O=C(O)COc1ccccc1C1(C(F)(F)F)N=N1. The van der Waals surface area contributed by atoms with Gasteiger partial charge in [0.15, 0.2) is 6.61 Å². The number of rotatable bonds is 4. The number of aliphatic carboxylic acids is 1. The fourth-order valence-electron chi connectivity index (χ4n) is 1.44. The average Bonchev–Trinajstić information content (AvgIpc) is 3.07. The van der Waals surface area contributed by atoms with Crippen molar-refractivity contribution in [1.82, 2.24) is 0 Å². The summed E-state index contributed by atoms with van der Waals surface area (Å²) in [5.41, 5.74) is -2.92. The summed E-state index contributed by atoms with van der Waals surface area (Å²) < 4.78 is 43.2. The van der Waals surface area contributed by atoms with E-state index in [0.29, 0.717) is 0 Å². The monoisotopic (exact) mass is 260 g/mol. The summed E-state index contributed by atoms with van der Waals surface area (Å²) in [4.78, 5) is 10.4. The number of ether oxygens (including phenoxy) is 1. The van der Waals surface area contributed by atoms with E-state index in [9.17, 15) is 18.0 Å². The number of halogens is 3. The Morgan fingerprint density at radius 2 is 1.94 bits per heavy atom. The highest BCUT2D eigenvalue weighted by molar-refractivity contribution is 5.68. The van der Waals surface area contributed by atoms with Gasteiger partial charge in [0.05, 0.1) is 5.56 Å². The van der Waals surface area contributed by atoms with Crippen molar-refractivity contribution in [2.24, 2.45) is 10.2 Å². The Bertz CT molecular complexity index is 507. The second-order valence-electron chi connectivity index (χ2n) is 3.55. The predicted molar refractivity (Wildman–Crippen MR) is 52.2 cm³/mol. The molecule has 2 rings (SSSR count). The molecule has 1 aromatic carbocycles. The van der Waals surface area contributed by atoms with Gasteiger partial charge in [-0.2, -0.15) is 13.2 Å². The van der Waals surface area contributed by atoms with E-state index in [1.165, 1.54) is 18.2 Å². The lowest BCUT2D eigenvalue weighted by Gasteiger charge is -2.17. The lowest BCUT2D eigenvalue weighted by molar-refractivity contribution is -0.166. The van der Waals surface area contributed by atoms with E-state index in [1.807, 2.05) is 0 Å². The van der Waals surface area contributed by atoms with Gasteiger partial charge < -0.3 is 9.84 Å². The van der Waals surface area contributed by atoms with Gasteiger partial charge in [-0.1, -0.05) is 18.2 Å². The van der Waals surface area contributed by atoms with Crippen LogP contribution in [0.15, 0.2) is 34.5 Å². The van der Waals surface area contributed by atoms with Gasteiger partial charge in [-0.3, -0.25) is 0 Å². The number of hydrogen-bond donors (Lipinski definition) is 1. The number of alkyl halides is 3. The Balaban J connectivity index is 2.31. The molecule has 0 spiro atoms. The number of benzene rings is 1. The van der Waals surface area contributed by atoms with Crippen LogP contribution in [-0.4, -0.2) is 23.9 Å². The quantitative estimate of drug-likeness (QED) is 0.903. The highest BCUT2D eigenvalue weighted by Gasteiger charge is 2.66. The smallest absolute Gasteiger partial charge is 0.442 e. The van der Waals surface area contributed by atoms with Crippen molar-refractivity contribution in [3.8, 4) is 5.75 Å². The van der Waals surface area contributed by atoms with Gasteiger partial charge >= 0.3 is 17.8 Å². The molecule has 0 fully saturated rings. The van der Waals surface area contributed by atoms with E-state index in [1.54, 1.807) is 0 Å². The van der Waals surface area contributed by atoms with Gasteiger partial charge in [0, 0.05) is 0 Å². The van der Waals surface area contributed by atoms with Gasteiger partial charge in [-0.05, 0) is 6.07 Å². The summed E-state index contributed by atoms with van der Waals surface area (Å²) in [6, 6.07) is 5.22. The third kappa shape index (κ3) is 2.01. The molecule has 0 amide bonds. The molecule has 1 aliphatic rings. The molecule has 0 saturated carbocycles. The maximum atomic E-state index is 12.8. The average molecular weight is 260 g/mol. The number of hydrogen-bond acceptors (Lipinski definition) is 4. The topological polar surface area (TPSA) is 71.2 Å². The lowest BCUT2D eigenvalue weighted by Crippen LogP contribution is -2.30. The summed E-state index contributed by atoms with van der Waals surface area (Å²) in [5.74, 6) is -1.47. The van der Waals surface area contributed by atoms with Crippen molar-refractivity contribution in [2.45, 2.75) is 11.8 Å². The van der Waals surface area contributed by atoms with Crippen molar-refractivity contribution >= 4 is 5.97 Å². The van der Waals surface area contributed by atoms with E-state index < -0.39 is 24.4 Å². The Morgan fingerprint density at radius 3 is 2.44 bits per heavy atom. The Morgan fingerprint density at radius 1 is 1.33 bits per heavy atom. The molecule has 1 aliphatic heterocycles. The van der Waals surface area contributed by atoms with Crippen molar-refractivity contribution in [3.63, 3.8) is 0 Å². The molecule has 5 nitrogen and oxygen atoms in total. The normalized spacial score (nSPS) is 16.4. The largest absolute Gasteiger partial charge is 0.481 e. The molecule has 0 atom stereocenters. The molecule has 18 heavy (non-hydrogen) atoms.